The fourth-order valence-corrected chi connectivity index (χ4v) is 3.17. The number of likely N-dealkylation sites (N-methyl/N-ethyl adjacent to an activating group) is 1. The molecule has 1 N–H and O–H groups in total. The highest BCUT2D eigenvalue weighted by Crippen LogP contribution is 2.17. The lowest BCUT2D eigenvalue weighted by Crippen LogP contribution is -2.44. The molecule has 0 saturated carbocycles. The maximum absolute atomic E-state index is 3.53. The summed E-state index contributed by atoms with van der Waals surface area (Å²) in [5.74, 6) is 0.683. The van der Waals surface area contributed by atoms with Gasteiger partial charge in [0.2, 0.25) is 0 Å². The Kier molecular flexibility index (Phi) is 7.66. The van der Waals surface area contributed by atoms with E-state index in [1.807, 2.05) is 11.3 Å². The van der Waals surface area contributed by atoms with E-state index in [0.717, 1.165) is 19.5 Å². The van der Waals surface area contributed by atoms with Gasteiger partial charge in [-0.2, -0.15) is 0 Å². The van der Waals surface area contributed by atoms with Crippen LogP contribution in [0.4, 0.5) is 0 Å². The van der Waals surface area contributed by atoms with Crippen molar-refractivity contribution in [2.45, 2.75) is 52.6 Å². The van der Waals surface area contributed by atoms with Crippen LogP contribution in [-0.2, 0) is 6.42 Å². The highest BCUT2D eigenvalue weighted by Gasteiger charge is 2.21. The molecule has 1 heterocycles. The Hall–Kier alpha value is -0.380. The maximum Gasteiger partial charge on any atom is 0.0115 e. The van der Waals surface area contributed by atoms with Crippen molar-refractivity contribution in [3.63, 3.8) is 0 Å². The first kappa shape index (κ1) is 16.7. The smallest absolute Gasteiger partial charge is 0.0115 e. The maximum atomic E-state index is 3.53. The molecule has 3 heteroatoms. The Morgan fingerprint density at radius 3 is 2.63 bits per heavy atom. The van der Waals surface area contributed by atoms with E-state index in [1.54, 1.807) is 0 Å². The van der Waals surface area contributed by atoms with Gasteiger partial charge in [-0.05, 0) is 64.2 Å². The average molecular weight is 282 g/mol. The van der Waals surface area contributed by atoms with E-state index in [9.17, 15) is 0 Å². The lowest BCUT2D eigenvalue weighted by atomic mass is 10.00. The van der Waals surface area contributed by atoms with E-state index in [4.69, 9.17) is 0 Å². The Labute approximate surface area is 123 Å². The Bertz CT molecular complexity index is 323. The predicted molar refractivity (Wildman–Crippen MR) is 87.0 cm³/mol. The molecule has 1 aromatic heterocycles. The molecule has 19 heavy (non-hydrogen) atoms. The van der Waals surface area contributed by atoms with Crippen molar-refractivity contribution in [2.24, 2.45) is 5.92 Å². The van der Waals surface area contributed by atoms with Crippen LogP contribution in [0.2, 0.25) is 0 Å². The lowest BCUT2D eigenvalue weighted by molar-refractivity contribution is 0.149. The van der Waals surface area contributed by atoms with Crippen LogP contribution < -0.4 is 5.32 Å². The van der Waals surface area contributed by atoms with E-state index in [1.165, 1.54) is 11.3 Å². The Balaban J connectivity index is 2.39. The molecule has 0 aliphatic heterocycles. The molecule has 0 saturated heterocycles. The first-order chi connectivity index (χ1) is 9.06. The molecule has 110 valence electrons. The third-order valence-corrected chi connectivity index (χ3v) is 5.03. The van der Waals surface area contributed by atoms with Crippen LogP contribution in [0.5, 0.6) is 0 Å². The van der Waals surface area contributed by atoms with Gasteiger partial charge in [0.15, 0.2) is 0 Å². The van der Waals surface area contributed by atoms with E-state index >= 15 is 0 Å². The highest BCUT2D eigenvalue weighted by atomic mass is 32.1. The van der Waals surface area contributed by atoms with Crippen molar-refractivity contribution in [1.29, 1.82) is 0 Å². The van der Waals surface area contributed by atoms with Gasteiger partial charge in [0, 0.05) is 17.0 Å². The normalized spacial score (nSPS) is 16.5. The molecule has 0 amide bonds. The van der Waals surface area contributed by atoms with Gasteiger partial charge < -0.3 is 10.2 Å². The van der Waals surface area contributed by atoms with E-state index in [-0.39, 0.29) is 0 Å². The molecule has 0 radical (unpaired) electrons. The van der Waals surface area contributed by atoms with Crippen molar-refractivity contribution in [1.82, 2.24) is 10.2 Å². The number of nitrogens with zero attached hydrogens (tertiary/aromatic N) is 1. The second kappa shape index (κ2) is 8.72. The first-order valence-electron chi connectivity index (χ1n) is 7.51. The third kappa shape index (κ3) is 5.64. The van der Waals surface area contributed by atoms with Gasteiger partial charge in [-0.25, -0.2) is 0 Å². The van der Waals surface area contributed by atoms with Crippen LogP contribution in [0.3, 0.4) is 0 Å². The predicted octanol–water partition coefficient (Wildman–Crippen LogP) is 3.64. The second-order valence-corrected chi connectivity index (χ2v) is 6.75. The van der Waals surface area contributed by atoms with Gasteiger partial charge in [-0.15, -0.1) is 11.3 Å². The monoisotopic (exact) mass is 282 g/mol. The zero-order valence-electron chi connectivity index (χ0n) is 13.1. The summed E-state index contributed by atoms with van der Waals surface area (Å²) in [6.45, 7) is 11.5. The van der Waals surface area contributed by atoms with Crippen LogP contribution in [0.25, 0.3) is 0 Å². The molecule has 1 rings (SSSR count). The third-order valence-electron chi connectivity index (χ3n) is 4.13. The largest absolute Gasteiger partial charge is 0.316 e. The fourth-order valence-electron chi connectivity index (χ4n) is 2.34. The van der Waals surface area contributed by atoms with E-state index in [2.05, 4.69) is 62.5 Å². The van der Waals surface area contributed by atoms with Crippen molar-refractivity contribution >= 4 is 11.3 Å². The summed E-state index contributed by atoms with van der Waals surface area (Å²) in [6, 6.07) is 5.60. The zero-order chi connectivity index (χ0) is 14.3. The summed E-state index contributed by atoms with van der Waals surface area (Å²) < 4.78 is 0. The lowest BCUT2D eigenvalue weighted by Gasteiger charge is -2.34. The number of nitrogens with one attached hydrogen (secondary N) is 1. The summed E-state index contributed by atoms with van der Waals surface area (Å²) in [4.78, 5) is 4.01. The molecule has 0 bridgehead atoms. The fraction of sp³-hybridized carbons (Fsp3) is 0.750. The van der Waals surface area contributed by atoms with Crippen molar-refractivity contribution in [2.75, 3.05) is 20.1 Å². The number of hydrogen-bond donors (Lipinski definition) is 1. The van der Waals surface area contributed by atoms with Crippen molar-refractivity contribution < 1.29 is 0 Å². The quantitative estimate of drug-likeness (QED) is 0.696. The van der Waals surface area contributed by atoms with Crippen LogP contribution in [0.1, 0.15) is 39.0 Å². The van der Waals surface area contributed by atoms with Crippen LogP contribution in [0.15, 0.2) is 17.5 Å². The van der Waals surface area contributed by atoms with Crippen LogP contribution in [0, 0.1) is 5.92 Å². The Morgan fingerprint density at radius 1 is 1.32 bits per heavy atom. The summed E-state index contributed by atoms with van der Waals surface area (Å²) in [7, 11) is 2.26. The molecule has 0 aliphatic carbocycles. The SMILES string of the molecule is CCCNCC(C)C(C)N(C)C(C)Cc1cccs1. The molecule has 0 fully saturated rings. The summed E-state index contributed by atoms with van der Waals surface area (Å²) in [5, 5.41) is 5.70. The molecule has 2 nitrogen and oxygen atoms in total. The minimum Gasteiger partial charge on any atom is -0.316 e. The summed E-state index contributed by atoms with van der Waals surface area (Å²) in [5.41, 5.74) is 0. The van der Waals surface area contributed by atoms with Gasteiger partial charge in [0.05, 0.1) is 0 Å². The highest BCUT2D eigenvalue weighted by molar-refractivity contribution is 7.09. The van der Waals surface area contributed by atoms with Gasteiger partial charge in [0.25, 0.3) is 0 Å². The van der Waals surface area contributed by atoms with Crippen molar-refractivity contribution in [3.8, 4) is 0 Å². The molecule has 0 spiro atoms. The van der Waals surface area contributed by atoms with Gasteiger partial charge in [-0.1, -0.05) is 19.9 Å². The van der Waals surface area contributed by atoms with E-state index < -0.39 is 0 Å². The van der Waals surface area contributed by atoms with Crippen molar-refractivity contribution in [3.05, 3.63) is 22.4 Å². The van der Waals surface area contributed by atoms with Crippen LogP contribution in [-0.4, -0.2) is 37.1 Å². The summed E-state index contributed by atoms with van der Waals surface area (Å²) in [6.07, 6.45) is 2.37. The van der Waals surface area contributed by atoms with Gasteiger partial charge >= 0.3 is 0 Å². The molecule has 0 aliphatic rings. The number of hydrogen-bond acceptors (Lipinski definition) is 3. The van der Waals surface area contributed by atoms with Gasteiger partial charge in [0.1, 0.15) is 0 Å². The minimum atomic E-state index is 0.599. The van der Waals surface area contributed by atoms with Gasteiger partial charge in [-0.3, -0.25) is 0 Å². The van der Waals surface area contributed by atoms with Crippen LogP contribution >= 0.6 is 11.3 Å². The molecular formula is C16H30N2S. The number of rotatable bonds is 9. The number of thiophene rings is 1. The first-order valence-corrected chi connectivity index (χ1v) is 8.39. The summed E-state index contributed by atoms with van der Waals surface area (Å²) >= 11 is 1.87. The minimum absolute atomic E-state index is 0.599. The molecule has 3 unspecified atom stereocenters. The average Bonchev–Trinajstić information content (AvgIpc) is 2.89. The Morgan fingerprint density at radius 2 is 2.05 bits per heavy atom. The molecule has 1 aromatic rings. The molecular weight excluding hydrogens is 252 g/mol. The zero-order valence-corrected chi connectivity index (χ0v) is 14.0. The van der Waals surface area contributed by atoms with E-state index in [0.29, 0.717) is 18.0 Å². The topological polar surface area (TPSA) is 15.3 Å². The molecule has 0 aromatic carbocycles. The molecule has 3 atom stereocenters. The standard InChI is InChI=1S/C16H30N2S/c1-6-9-17-12-13(2)15(4)18(5)14(3)11-16-8-7-10-19-16/h7-8,10,13-15,17H,6,9,11-12H2,1-5H3. The second-order valence-electron chi connectivity index (χ2n) is 5.72.